The Kier molecular flexibility index (Phi) is 10.7. The Balaban J connectivity index is 0.000000347. The van der Waals surface area contributed by atoms with Crippen molar-refractivity contribution in [3.05, 3.63) is 57.6 Å². The molecule has 0 spiro atoms. The molecule has 1 fully saturated rings. The van der Waals surface area contributed by atoms with Crippen molar-refractivity contribution in [1.82, 2.24) is 9.80 Å². The van der Waals surface area contributed by atoms with Crippen LogP contribution in [0.25, 0.3) is 0 Å². The minimum atomic E-state index is -3.67. The number of hydrogen-bond acceptors (Lipinski definition) is 7. The summed E-state index contributed by atoms with van der Waals surface area (Å²) in [6.45, 7) is 4.44. The highest BCUT2D eigenvalue weighted by Gasteiger charge is 2.29. The monoisotopic (exact) mass is 570 g/mol. The first-order valence-corrected chi connectivity index (χ1v) is 15.4. The van der Waals surface area contributed by atoms with Crippen LogP contribution in [0.2, 0.25) is 10.0 Å². The molecule has 0 aromatic heterocycles. The van der Waals surface area contributed by atoms with Gasteiger partial charge in [0.15, 0.2) is 0 Å². The third-order valence-electron chi connectivity index (χ3n) is 4.97. The van der Waals surface area contributed by atoms with Gasteiger partial charge in [0, 0.05) is 52.1 Å². The van der Waals surface area contributed by atoms with Crippen molar-refractivity contribution in [3.63, 3.8) is 0 Å². The maximum atomic E-state index is 9.19. The van der Waals surface area contributed by atoms with Crippen LogP contribution in [0.4, 0.5) is 0 Å². The number of halogens is 2. The van der Waals surface area contributed by atoms with Gasteiger partial charge in [0.25, 0.3) is 20.2 Å². The fourth-order valence-corrected chi connectivity index (χ4v) is 5.16. The number of fused-ring (bicyclic) bond motifs is 2. The van der Waals surface area contributed by atoms with Gasteiger partial charge in [0.2, 0.25) is 0 Å². The predicted molar refractivity (Wildman–Crippen MR) is 137 cm³/mol. The maximum absolute atomic E-state index is 9.19. The number of rotatable bonds is 1. The average molecular weight is 572 g/mol. The Labute approximate surface area is 215 Å². The number of likely N-dealkylation sites (N-methyl/N-ethyl adjacent to an activating group) is 1. The Hall–Kier alpha value is -0.890. The number of hydrogen-bond donors (Lipinski definition) is 2. The predicted octanol–water partition coefficient (Wildman–Crippen LogP) is 4.00. The van der Waals surface area contributed by atoms with Crippen molar-refractivity contribution in [3.8, 4) is 0 Å². The van der Waals surface area contributed by atoms with Crippen LogP contribution in [0.3, 0.4) is 0 Å². The molecule has 2 aliphatic heterocycles. The van der Waals surface area contributed by atoms with Crippen LogP contribution in [-0.4, -0.2) is 81.5 Å². The molecule has 190 valence electrons. The van der Waals surface area contributed by atoms with E-state index in [0.717, 1.165) is 42.6 Å². The average Bonchev–Trinajstić information content (AvgIpc) is 2.82. The molecule has 0 saturated carbocycles. The van der Waals surface area contributed by atoms with Crippen molar-refractivity contribution in [2.24, 2.45) is 0 Å². The highest BCUT2D eigenvalue weighted by atomic mass is 35.5. The van der Waals surface area contributed by atoms with Gasteiger partial charge < -0.3 is 4.90 Å². The standard InChI is InChI=1S/C19H20Cl2N2S.2CH4O3S/c1-22-6-8-23(9-7-22)17-11-13-10-14(20)3-5-18(13)24-19-12-15(21)2-4-16(17)19;2*1-5(2,3)4/h2-5,10,12,17H,6-9,11H2,1H3;2*1H3,(H,2,3,4). The summed E-state index contributed by atoms with van der Waals surface area (Å²) < 4.78 is 51.7. The minimum absolute atomic E-state index is 0.387. The largest absolute Gasteiger partial charge is 0.304 e. The maximum Gasteiger partial charge on any atom is 0.261 e. The van der Waals surface area contributed by atoms with Gasteiger partial charge in [-0.3, -0.25) is 14.0 Å². The van der Waals surface area contributed by atoms with Gasteiger partial charge in [-0.05, 0) is 54.9 Å². The number of nitrogens with zero attached hydrogens (tertiary/aromatic N) is 2. The molecule has 34 heavy (non-hydrogen) atoms. The second-order valence-electron chi connectivity index (χ2n) is 8.06. The van der Waals surface area contributed by atoms with Crippen molar-refractivity contribution in [2.45, 2.75) is 22.3 Å². The second-order valence-corrected chi connectivity index (χ2v) is 13.0. The summed E-state index contributed by atoms with van der Waals surface area (Å²) in [6, 6.07) is 13.0. The lowest BCUT2D eigenvalue weighted by atomic mass is 9.96. The summed E-state index contributed by atoms with van der Waals surface area (Å²) in [5, 5.41) is 1.62. The summed E-state index contributed by atoms with van der Waals surface area (Å²) in [4.78, 5) is 7.57. The molecule has 0 radical (unpaired) electrons. The highest BCUT2D eigenvalue weighted by Crippen LogP contribution is 2.44. The van der Waals surface area contributed by atoms with Crippen LogP contribution in [-0.2, 0) is 26.7 Å². The van der Waals surface area contributed by atoms with E-state index >= 15 is 0 Å². The van der Waals surface area contributed by atoms with E-state index in [1.54, 1.807) is 0 Å². The lowest BCUT2D eigenvalue weighted by Crippen LogP contribution is -2.46. The van der Waals surface area contributed by atoms with E-state index in [9.17, 15) is 16.8 Å². The molecular formula is C21H28Cl2N2O6S3. The first-order chi connectivity index (χ1) is 15.6. The summed E-state index contributed by atoms with van der Waals surface area (Å²) in [5.74, 6) is 0. The SMILES string of the molecule is CN1CCN(C2Cc3cc(Cl)ccc3Sc3cc(Cl)ccc32)CC1.CS(=O)(=O)O.CS(=O)(=O)O. The fraction of sp³-hybridized carbons (Fsp3) is 0.429. The molecule has 0 aliphatic carbocycles. The van der Waals surface area contributed by atoms with Crippen LogP contribution in [0, 0.1) is 0 Å². The van der Waals surface area contributed by atoms with Gasteiger partial charge >= 0.3 is 0 Å². The molecule has 2 aromatic carbocycles. The van der Waals surface area contributed by atoms with Gasteiger partial charge in [-0.2, -0.15) is 16.8 Å². The highest BCUT2D eigenvalue weighted by molar-refractivity contribution is 7.99. The number of benzene rings is 2. The quantitative estimate of drug-likeness (QED) is 0.490. The molecule has 4 rings (SSSR count). The second kappa shape index (κ2) is 12.4. The van der Waals surface area contributed by atoms with Gasteiger partial charge in [0.1, 0.15) is 0 Å². The van der Waals surface area contributed by atoms with Crippen LogP contribution < -0.4 is 0 Å². The Morgan fingerprint density at radius 3 is 1.91 bits per heavy atom. The molecule has 2 N–H and O–H groups in total. The molecule has 2 aromatic rings. The fourth-order valence-electron chi connectivity index (χ4n) is 3.58. The molecule has 13 heteroatoms. The van der Waals surface area contributed by atoms with Crippen LogP contribution in [0.5, 0.6) is 0 Å². The zero-order valence-electron chi connectivity index (χ0n) is 19.0. The van der Waals surface area contributed by atoms with Crippen molar-refractivity contribution >= 4 is 55.2 Å². The van der Waals surface area contributed by atoms with E-state index in [-0.39, 0.29) is 0 Å². The van der Waals surface area contributed by atoms with E-state index in [0.29, 0.717) is 18.6 Å². The molecule has 8 nitrogen and oxygen atoms in total. The van der Waals surface area contributed by atoms with Gasteiger partial charge in [-0.1, -0.05) is 41.0 Å². The molecule has 2 aliphatic rings. The molecule has 0 amide bonds. The molecule has 1 unspecified atom stereocenters. The zero-order chi connectivity index (χ0) is 25.7. The third-order valence-corrected chi connectivity index (χ3v) is 6.63. The zero-order valence-corrected chi connectivity index (χ0v) is 22.9. The Morgan fingerprint density at radius 2 is 1.35 bits per heavy atom. The number of piperazine rings is 1. The van der Waals surface area contributed by atoms with Crippen LogP contribution in [0.1, 0.15) is 17.2 Å². The smallest absolute Gasteiger partial charge is 0.261 e. The molecule has 0 bridgehead atoms. The molecule has 1 saturated heterocycles. The van der Waals surface area contributed by atoms with Crippen molar-refractivity contribution in [2.75, 3.05) is 45.7 Å². The van der Waals surface area contributed by atoms with Gasteiger partial charge in [0.05, 0.1) is 12.5 Å². The van der Waals surface area contributed by atoms with E-state index in [1.807, 2.05) is 23.9 Å². The van der Waals surface area contributed by atoms with Crippen molar-refractivity contribution in [1.29, 1.82) is 0 Å². The van der Waals surface area contributed by atoms with Gasteiger partial charge in [-0.15, -0.1) is 0 Å². The van der Waals surface area contributed by atoms with Crippen molar-refractivity contribution < 1.29 is 25.9 Å². The summed E-state index contributed by atoms with van der Waals surface area (Å²) in [7, 11) is -5.14. The Bertz CT molecular complexity index is 1150. The van der Waals surface area contributed by atoms with E-state index < -0.39 is 20.2 Å². The third kappa shape index (κ3) is 10.8. The topological polar surface area (TPSA) is 115 Å². The summed E-state index contributed by atoms with van der Waals surface area (Å²) in [6.07, 6.45) is 2.43. The Morgan fingerprint density at radius 1 is 0.853 bits per heavy atom. The lowest BCUT2D eigenvalue weighted by molar-refractivity contribution is 0.110. The molecule has 1 atom stereocenters. The van der Waals surface area contributed by atoms with E-state index in [2.05, 4.69) is 41.1 Å². The minimum Gasteiger partial charge on any atom is -0.304 e. The lowest BCUT2D eigenvalue weighted by Gasteiger charge is -2.38. The first kappa shape index (κ1) is 29.3. The summed E-state index contributed by atoms with van der Waals surface area (Å²) in [5.41, 5.74) is 2.73. The van der Waals surface area contributed by atoms with E-state index in [4.69, 9.17) is 32.3 Å². The van der Waals surface area contributed by atoms with Gasteiger partial charge in [-0.25, -0.2) is 0 Å². The van der Waals surface area contributed by atoms with Crippen LogP contribution >= 0.6 is 35.0 Å². The summed E-state index contributed by atoms with van der Waals surface area (Å²) >= 11 is 14.4. The molecule has 2 heterocycles. The normalized spacial score (nSPS) is 18.9. The van der Waals surface area contributed by atoms with Crippen LogP contribution in [0.15, 0.2) is 46.2 Å². The van der Waals surface area contributed by atoms with E-state index in [1.165, 1.54) is 20.9 Å². The first-order valence-electron chi connectivity index (χ1n) is 10.1. The molecular weight excluding hydrogens is 543 g/mol.